The Morgan fingerprint density at radius 1 is 0.842 bits per heavy atom. The fourth-order valence-corrected chi connectivity index (χ4v) is 5.08. The van der Waals surface area contributed by atoms with Crippen LogP contribution in [0.2, 0.25) is 13.1 Å². The molecule has 1 unspecified atom stereocenters. The van der Waals surface area contributed by atoms with Gasteiger partial charge in [0.25, 0.3) is 8.32 Å². The summed E-state index contributed by atoms with van der Waals surface area (Å²) in [4.78, 5) is 0. The van der Waals surface area contributed by atoms with Crippen molar-refractivity contribution in [2.75, 3.05) is 0 Å². The molecule has 0 radical (unpaired) electrons. The SMILES string of the molecule is C[Si]1(C)OC(c2ccccc2)=CC1c1ccccc1. The van der Waals surface area contributed by atoms with Crippen molar-refractivity contribution in [2.45, 2.75) is 18.6 Å². The van der Waals surface area contributed by atoms with E-state index in [2.05, 4.69) is 73.8 Å². The van der Waals surface area contributed by atoms with Crippen molar-refractivity contribution >= 4 is 14.1 Å². The van der Waals surface area contributed by atoms with Crippen LogP contribution in [0.5, 0.6) is 0 Å². The minimum absolute atomic E-state index is 0.434. The standard InChI is InChI=1S/C17H18OSi/c1-19(2)17(15-11-7-4-8-12-15)13-16(18-19)14-9-5-3-6-10-14/h3-13,17H,1-2H3. The molecule has 0 spiro atoms. The Kier molecular flexibility index (Phi) is 3.03. The van der Waals surface area contributed by atoms with E-state index in [1.807, 2.05) is 6.07 Å². The zero-order chi connectivity index (χ0) is 13.3. The maximum Gasteiger partial charge on any atom is 0.256 e. The van der Waals surface area contributed by atoms with Crippen molar-refractivity contribution in [3.63, 3.8) is 0 Å². The third-order valence-corrected chi connectivity index (χ3v) is 6.40. The molecule has 0 aromatic heterocycles. The molecule has 2 heteroatoms. The van der Waals surface area contributed by atoms with Gasteiger partial charge in [0.1, 0.15) is 5.76 Å². The fraction of sp³-hybridized carbons (Fsp3) is 0.176. The summed E-state index contributed by atoms with van der Waals surface area (Å²) < 4.78 is 6.30. The first-order valence-corrected chi connectivity index (χ1v) is 9.66. The van der Waals surface area contributed by atoms with Crippen molar-refractivity contribution in [3.05, 3.63) is 77.9 Å². The molecule has 1 nitrogen and oxygen atoms in total. The summed E-state index contributed by atoms with van der Waals surface area (Å²) in [5.74, 6) is 1.05. The van der Waals surface area contributed by atoms with Crippen LogP contribution in [0.15, 0.2) is 66.7 Å². The van der Waals surface area contributed by atoms with Gasteiger partial charge in [-0.3, -0.25) is 0 Å². The van der Waals surface area contributed by atoms with E-state index in [4.69, 9.17) is 4.43 Å². The number of benzene rings is 2. The van der Waals surface area contributed by atoms with Crippen LogP contribution in [0.4, 0.5) is 0 Å². The van der Waals surface area contributed by atoms with Gasteiger partial charge >= 0.3 is 0 Å². The third kappa shape index (κ3) is 2.36. The molecule has 0 aliphatic carbocycles. The Labute approximate surface area is 115 Å². The first-order chi connectivity index (χ1) is 9.17. The van der Waals surface area contributed by atoms with E-state index in [9.17, 15) is 0 Å². The van der Waals surface area contributed by atoms with Gasteiger partial charge in [-0.15, -0.1) is 0 Å². The third-order valence-electron chi connectivity index (χ3n) is 3.66. The molecule has 2 aromatic carbocycles. The van der Waals surface area contributed by atoms with E-state index in [0.717, 1.165) is 5.76 Å². The first-order valence-electron chi connectivity index (χ1n) is 6.68. The number of rotatable bonds is 2. The minimum atomic E-state index is -1.75. The lowest BCUT2D eigenvalue weighted by atomic mass is 10.1. The van der Waals surface area contributed by atoms with Gasteiger partial charge in [-0.1, -0.05) is 60.7 Å². The highest BCUT2D eigenvalue weighted by atomic mass is 28.4. The second-order valence-corrected chi connectivity index (χ2v) is 9.52. The fourth-order valence-electron chi connectivity index (χ4n) is 2.65. The Morgan fingerprint density at radius 3 is 2.05 bits per heavy atom. The van der Waals surface area contributed by atoms with Crippen molar-refractivity contribution in [3.8, 4) is 0 Å². The Bertz CT molecular complexity index is 587. The molecular formula is C17H18OSi. The maximum atomic E-state index is 6.30. The van der Waals surface area contributed by atoms with E-state index in [1.165, 1.54) is 11.1 Å². The molecule has 0 fully saturated rings. The molecule has 0 bridgehead atoms. The van der Waals surface area contributed by atoms with E-state index >= 15 is 0 Å². The van der Waals surface area contributed by atoms with Crippen molar-refractivity contribution in [1.82, 2.24) is 0 Å². The van der Waals surface area contributed by atoms with Gasteiger partial charge in [0.15, 0.2) is 0 Å². The minimum Gasteiger partial charge on any atom is -0.543 e. The van der Waals surface area contributed by atoms with Crippen LogP contribution in [0.25, 0.3) is 5.76 Å². The number of hydrogen-bond donors (Lipinski definition) is 0. The molecule has 19 heavy (non-hydrogen) atoms. The predicted octanol–water partition coefficient (Wildman–Crippen LogP) is 4.59. The van der Waals surface area contributed by atoms with Crippen LogP contribution in [-0.2, 0) is 4.43 Å². The van der Waals surface area contributed by atoms with Gasteiger partial charge in [-0.25, -0.2) is 0 Å². The molecule has 1 heterocycles. The van der Waals surface area contributed by atoms with Crippen LogP contribution in [0.3, 0.4) is 0 Å². The summed E-state index contributed by atoms with van der Waals surface area (Å²) in [6, 6.07) is 21.1. The topological polar surface area (TPSA) is 9.23 Å². The molecule has 0 N–H and O–H groups in total. The Balaban J connectivity index is 1.99. The molecule has 2 aromatic rings. The van der Waals surface area contributed by atoms with Crippen molar-refractivity contribution in [2.24, 2.45) is 0 Å². The lowest BCUT2D eigenvalue weighted by molar-refractivity contribution is 0.520. The van der Waals surface area contributed by atoms with E-state index < -0.39 is 8.32 Å². The van der Waals surface area contributed by atoms with Crippen molar-refractivity contribution < 1.29 is 4.43 Å². The number of allylic oxidation sites excluding steroid dienone is 1. The Morgan fingerprint density at radius 2 is 1.42 bits per heavy atom. The average Bonchev–Trinajstić information content (AvgIpc) is 2.77. The molecule has 0 saturated heterocycles. The summed E-state index contributed by atoms with van der Waals surface area (Å²) >= 11 is 0. The normalized spacial score (nSPS) is 20.7. The summed E-state index contributed by atoms with van der Waals surface area (Å²) in [7, 11) is -1.75. The van der Waals surface area contributed by atoms with Crippen LogP contribution < -0.4 is 0 Å². The molecule has 96 valence electrons. The van der Waals surface area contributed by atoms with Gasteiger partial charge in [-0.05, 0) is 24.7 Å². The molecule has 3 rings (SSSR count). The summed E-state index contributed by atoms with van der Waals surface area (Å²) in [5.41, 5.74) is 2.98. The van der Waals surface area contributed by atoms with Crippen LogP contribution in [0, 0.1) is 0 Å². The van der Waals surface area contributed by atoms with E-state index in [1.54, 1.807) is 0 Å². The molecular weight excluding hydrogens is 248 g/mol. The van der Waals surface area contributed by atoms with Crippen LogP contribution in [-0.4, -0.2) is 8.32 Å². The number of hydrogen-bond acceptors (Lipinski definition) is 1. The second-order valence-electron chi connectivity index (χ2n) is 5.49. The summed E-state index contributed by atoms with van der Waals surface area (Å²) in [5, 5.41) is 0. The van der Waals surface area contributed by atoms with Gasteiger partial charge < -0.3 is 4.43 Å². The summed E-state index contributed by atoms with van der Waals surface area (Å²) in [6.07, 6.45) is 2.30. The zero-order valence-electron chi connectivity index (χ0n) is 11.3. The quantitative estimate of drug-likeness (QED) is 0.723. The highest BCUT2D eigenvalue weighted by molar-refractivity contribution is 6.75. The molecule has 0 saturated carbocycles. The van der Waals surface area contributed by atoms with Crippen molar-refractivity contribution in [1.29, 1.82) is 0 Å². The van der Waals surface area contributed by atoms with E-state index in [-0.39, 0.29) is 0 Å². The zero-order valence-corrected chi connectivity index (χ0v) is 12.3. The average molecular weight is 266 g/mol. The smallest absolute Gasteiger partial charge is 0.256 e. The Hall–Kier alpha value is -1.80. The van der Waals surface area contributed by atoms with Crippen LogP contribution in [0.1, 0.15) is 16.7 Å². The predicted molar refractivity (Wildman–Crippen MR) is 82.2 cm³/mol. The maximum absolute atomic E-state index is 6.30. The molecule has 1 aliphatic rings. The lowest BCUT2D eigenvalue weighted by Gasteiger charge is -2.24. The van der Waals surface area contributed by atoms with Gasteiger partial charge in [0.05, 0.1) is 0 Å². The van der Waals surface area contributed by atoms with E-state index in [0.29, 0.717) is 5.54 Å². The first kappa shape index (κ1) is 12.2. The second kappa shape index (κ2) is 4.70. The largest absolute Gasteiger partial charge is 0.543 e. The molecule has 1 aliphatic heterocycles. The van der Waals surface area contributed by atoms with Gasteiger partial charge in [-0.2, -0.15) is 0 Å². The lowest BCUT2D eigenvalue weighted by Crippen LogP contribution is -2.32. The monoisotopic (exact) mass is 266 g/mol. The highest BCUT2D eigenvalue weighted by Gasteiger charge is 2.41. The molecule has 1 atom stereocenters. The highest BCUT2D eigenvalue weighted by Crippen LogP contribution is 2.40. The summed E-state index contributed by atoms with van der Waals surface area (Å²) in [6.45, 7) is 4.58. The van der Waals surface area contributed by atoms with Crippen LogP contribution >= 0.6 is 0 Å². The van der Waals surface area contributed by atoms with Gasteiger partial charge in [0, 0.05) is 11.1 Å². The molecule has 0 amide bonds. The van der Waals surface area contributed by atoms with Gasteiger partial charge in [0.2, 0.25) is 0 Å².